The average Bonchev–Trinajstić information content (AvgIpc) is 2.24. The normalized spacial score (nSPS) is 18.2. The summed E-state index contributed by atoms with van der Waals surface area (Å²) in [6.45, 7) is 5.84. The third-order valence-electron chi connectivity index (χ3n) is 2.44. The van der Waals surface area contributed by atoms with Crippen molar-refractivity contribution in [2.75, 3.05) is 0 Å². The number of rotatable bonds is 0. The zero-order chi connectivity index (χ0) is 9.64. The monoisotopic (exact) mass is 176 g/mol. The predicted octanol–water partition coefficient (Wildman–Crippen LogP) is 2.40. The molecule has 0 atom stereocenters. The van der Waals surface area contributed by atoms with Crippen molar-refractivity contribution in [3.05, 3.63) is 34.9 Å². The van der Waals surface area contributed by atoms with Gasteiger partial charge in [0, 0.05) is 5.56 Å². The zero-order valence-corrected chi connectivity index (χ0v) is 8.05. The molecule has 1 aromatic rings. The smallest absolute Gasteiger partial charge is 0.339 e. The number of hydrogen-bond acceptors (Lipinski definition) is 2. The van der Waals surface area contributed by atoms with Gasteiger partial charge < -0.3 is 4.74 Å². The Kier molecular flexibility index (Phi) is 1.50. The topological polar surface area (TPSA) is 26.3 Å². The van der Waals surface area contributed by atoms with Crippen molar-refractivity contribution in [3.63, 3.8) is 0 Å². The van der Waals surface area contributed by atoms with Crippen LogP contribution in [0.2, 0.25) is 0 Å². The highest BCUT2D eigenvalue weighted by molar-refractivity contribution is 5.95. The molecule has 1 aliphatic heterocycles. The van der Waals surface area contributed by atoms with Crippen LogP contribution in [0.3, 0.4) is 0 Å². The molecule has 0 unspecified atom stereocenters. The first kappa shape index (κ1) is 8.30. The predicted molar refractivity (Wildman–Crippen MR) is 49.6 cm³/mol. The van der Waals surface area contributed by atoms with E-state index in [1.54, 1.807) is 0 Å². The van der Waals surface area contributed by atoms with Gasteiger partial charge in [0.25, 0.3) is 0 Å². The molecule has 13 heavy (non-hydrogen) atoms. The Hall–Kier alpha value is -1.31. The molecule has 0 aliphatic carbocycles. The molecule has 2 nitrogen and oxygen atoms in total. The van der Waals surface area contributed by atoms with Crippen molar-refractivity contribution >= 4 is 5.97 Å². The van der Waals surface area contributed by atoms with Crippen molar-refractivity contribution in [1.29, 1.82) is 0 Å². The lowest BCUT2D eigenvalue weighted by atomic mass is 9.92. The Labute approximate surface area is 77.5 Å². The summed E-state index contributed by atoms with van der Waals surface area (Å²) in [6.07, 6.45) is 0. The Morgan fingerprint density at radius 3 is 2.62 bits per heavy atom. The highest BCUT2D eigenvalue weighted by atomic mass is 16.6. The quantitative estimate of drug-likeness (QED) is 0.567. The second-order valence-electron chi connectivity index (χ2n) is 3.90. The third kappa shape index (κ3) is 1.05. The number of cyclic esters (lactones) is 1. The summed E-state index contributed by atoms with van der Waals surface area (Å²) < 4.78 is 5.26. The van der Waals surface area contributed by atoms with E-state index in [0.29, 0.717) is 5.56 Å². The maximum atomic E-state index is 11.4. The minimum absolute atomic E-state index is 0.205. The first-order chi connectivity index (χ1) is 6.02. The molecule has 1 aliphatic rings. The number of aryl methyl sites for hydroxylation is 1. The number of esters is 1. The van der Waals surface area contributed by atoms with Gasteiger partial charge in [0.15, 0.2) is 0 Å². The van der Waals surface area contributed by atoms with Crippen LogP contribution in [0.4, 0.5) is 0 Å². The van der Waals surface area contributed by atoms with Crippen LogP contribution in [0.5, 0.6) is 0 Å². The summed E-state index contributed by atoms with van der Waals surface area (Å²) in [5.41, 5.74) is 2.40. The van der Waals surface area contributed by atoms with Crippen molar-refractivity contribution in [3.8, 4) is 0 Å². The largest absolute Gasteiger partial charge is 0.451 e. The van der Waals surface area contributed by atoms with Crippen LogP contribution in [-0.2, 0) is 10.3 Å². The molecule has 68 valence electrons. The lowest BCUT2D eigenvalue weighted by molar-refractivity contribution is 0.00939. The summed E-state index contributed by atoms with van der Waals surface area (Å²) in [5.74, 6) is -0.205. The van der Waals surface area contributed by atoms with Crippen molar-refractivity contribution < 1.29 is 9.53 Å². The number of hydrogen-bond donors (Lipinski definition) is 0. The Morgan fingerprint density at radius 2 is 2.00 bits per heavy atom. The number of carbonyl (C=O) groups excluding carboxylic acids is 1. The Morgan fingerprint density at radius 1 is 1.31 bits per heavy atom. The molecular weight excluding hydrogens is 164 g/mol. The van der Waals surface area contributed by atoms with Crippen LogP contribution in [0.25, 0.3) is 0 Å². The van der Waals surface area contributed by atoms with E-state index in [-0.39, 0.29) is 5.97 Å². The minimum atomic E-state index is -0.461. The van der Waals surface area contributed by atoms with Gasteiger partial charge in [-0.05, 0) is 32.4 Å². The first-order valence-electron chi connectivity index (χ1n) is 4.36. The molecule has 0 bridgehead atoms. The Balaban J connectivity index is 2.73. The molecule has 0 spiro atoms. The van der Waals surface area contributed by atoms with Gasteiger partial charge in [0.2, 0.25) is 0 Å². The maximum absolute atomic E-state index is 11.4. The van der Waals surface area contributed by atoms with E-state index in [0.717, 1.165) is 11.1 Å². The Bertz CT molecular complexity index is 378. The molecule has 0 saturated heterocycles. The molecule has 1 aromatic carbocycles. The molecule has 0 fully saturated rings. The fourth-order valence-electron chi connectivity index (χ4n) is 1.97. The first-order valence-corrected chi connectivity index (χ1v) is 4.36. The fourth-order valence-corrected chi connectivity index (χ4v) is 1.97. The van der Waals surface area contributed by atoms with Crippen molar-refractivity contribution in [1.82, 2.24) is 0 Å². The van der Waals surface area contributed by atoms with Crippen LogP contribution in [0, 0.1) is 6.92 Å². The van der Waals surface area contributed by atoms with Crippen LogP contribution in [0.1, 0.15) is 35.3 Å². The maximum Gasteiger partial charge on any atom is 0.339 e. The van der Waals surface area contributed by atoms with Crippen molar-refractivity contribution in [2.45, 2.75) is 26.4 Å². The van der Waals surface area contributed by atoms with E-state index in [1.165, 1.54) is 0 Å². The summed E-state index contributed by atoms with van der Waals surface area (Å²) in [6, 6.07) is 5.71. The van der Waals surface area contributed by atoms with Crippen LogP contribution in [-0.4, -0.2) is 5.97 Å². The highest BCUT2D eigenvalue weighted by Gasteiger charge is 2.38. The van der Waals surface area contributed by atoms with Crippen molar-refractivity contribution in [2.24, 2.45) is 0 Å². The molecule has 2 rings (SSSR count). The van der Waals surface area contributed by atoms with E-state index in [2.05, 4.69) is 0 Å². The lowest BCUT2D eigenvalue weighted by Gasteiger charge is -2.19. The number of ether oxygens (including phenoxy) is 1. The van der Waals surface area contributed by atoms with Gasteiger partial charge >= 0.3 is 5.97 Å². The van der Waals surface area contributed by atoms with Gasteiger partial charge in [0.05, 0.1) is 5.56 Å². The third-order valence-corrected chi connectivity index (χ3v) is 2.44. The van der Waals surface area contributed by atoms with Gasteiger partial charge in [-0.15, -0.1) is 0 Å². The van der Waals surface area contributed by atoms with E-state index in [4.69, 9.17) is 4.74 Å². The second-order valence-corrected chi connectivity index (χ2v) is 3.90. The number of benzene rings is 1. The molecule has 0 aromatic heterocycles. The SMILES string of the molecule is Cc1cccc2c1C(C)(C)OC2=O. The van der Waals surface area contributed by atoms with Gasteiger partial charge in [0.1, 0.15) is 5.60 Å². The van der Waals surface area contributed by atoms with Gasteiger partial charge in [-0.3, -0.25) is 0 Å². The standard InChI is InChI=1S/C11H12O2/c1-7-5-4-6-8-9(7)11(2,3)13-10(8)12/h4-6H,1-3H3. The second kappa shape index (κ2) is 2.34. The molecular formula is C11H12O2. The molecule has 2 heteroatoms. The molecule has 0 saturated carbocycles. The summed E-state index contributed by atoms with van der Waals surface area (Å²) in [7, 11) is 0. The molecule has 1 heterocycles. The van der Waals surface area contributed by atoms with Gasteiger partial charge in [-0.1, -0.05) is 12.1 Å². The van der Waals surface area contributed by atoms with Crippen LogP contribution >= 0.6 is 0 Å². The highest BCUT2D eigenvalue weighted by Crippen LogP contribution is 2.37. The lowest BCUT2D eigenvalue weighted by Crippen LogP contribution is -2.17. The van der Waals surface area contributed by atoms with Crippen LogP contribution < -0.4 is 0 Å². The summed E-state index contributed by atoms with van der Waals surface area (Å²) >= 11 is 0. The fraction of sp³-hybridized carbons (Fsp3) is 0.364. The summed E-state index contributed by atoms with van der Waals surface area (Å²) in [4.78, 5) is 11.4. The minimum Gasteiger partial charge on any atom is -0.451 e. The number of fused-ring (bicyclic) bond motifs is 1. The van der Waals surface area contributed by atoms with E-state index in [1.807, 2.05) is 39.0 Å². The van der Waals surface area contributed by atoms with E-state index < -0.39 is 5.60 Å². The molecule has 0 N–H and O–H groups in total. The zero-order valence-electron chi connectivity index (χ0n) is 8.05. The average molecular weight is 176 g/mol. The molecule has 0 amide bonds. The summed E-state index contributed by atoms with van der Waals surface area (Å²) in [5, 5.41) is 0. The molecule has 0 radical (unpaired) electrons. The number of carbonyl (C=O) groups is 1. The van der Waals surface area contributed by atoms with Gasteiger partial charge in [-0.25, -0.2) is 4.79 Å². The van der Waals surface area contributed by atoms with E-state index >= 15 is 0 Å². The van der Waals surface area contributed by atoms with Gasteiger partial charge in [-0.2, -0.15) is 0 Å². The van der Waals surface area contributed by atoms with E-state index in [9.17, 15) is 4.79 Å². The van der Waals surface area contributed by atoms with Crippen LogP contribution in [0.15, 0.2) is 18.2 Å².